The highest BCUT2D eigenvalue weighted by Crippen LogP contribution is 2.31. The molecule has 5 aromatic rings. The Labute approximate surface area is 212 Å². The number of carbonyl (C=O) groups is 1. The van der Waals surface area contributed by atoms with Gasteiger partial charge in [-0.1, -0.05) is 29.8 Å². The number of nitrogens with zero attached hydrogens (tertiary/aromatic N) is 3. The van der Waals surface area contributed by atoms with E-state index in [4.69, 9.17) is 36.8 Å². The van der Waals surface area contributed by atoms with Crippen LogP contribution in [0.2, 0.25) is 5.02 Å². The number of halogens is 1. The average molecular weight is 502 g/mol. The Morgan fingerprint density at radius 1 is 0.972 bits per heavy atom. The van der Waals surface area contributed by atoms with Crippen LogP contribution in [0, 0.1) is 0 Å². The normalized spacial score (nSPS) is 11.1. The van der Waals surface area contributed by atoms with E-state index in [0.29, 0.717) is 57.7 Å². The number of nitrogens with one attached hydrogen (secondary N) is 1. The summed E-state index contributed by atoms with van der Waals surface area (Å²) >= 11 is 5.98. The van der Waals surface area contributed by atoms with Crippen molar-refractivity contribution in [3.63, 3.8) is 0 Å². The summed E-state index contributed by atoms with van der Waals surface area (Å²) in [4.78, 5) is 22.9. The lowest BCUT2D eigenvalue weighted by Gasteiger charge is -2.11. The number of methoxy groups -OCH3 is 2. The van der Waals surface area contributed by atoms with E-state index in [0.717, 1.165) is 11.1 Å². The Hall–Kier alpha value is -4.30. The summed E-state index contributed by atoms with van der Waals surface area (Å²) in [5.74, 6) is 1.24. The van der Waals surface area contributed by atoms with Gasteiger partial charge in [-0.15, -0.1) is 0 Å². The highest BCUT2D eigenvalue weighted by molar-refractivity contribution is 6.30. The van der Waals surface area contributed by atoms with Crippen molar-refractivity contribution in [2.75, 3.05) is 25.3 Å². The molecule has 8 nitrogen and oxygen atoms in total. The number of hydrogen-bond acceptors (Lipinski definition) is 6. The van der Waals surface area contributed by atoms with Gasteiger partial charge in [-0.25, -0.2) is 9.97 Å². The van der Waals surface area contributed by atoms with E-state index in [1.165, 1.54) is 0 Å². The van der Waals surface area contributed by atoms with Crippen molar-refractivity contribution in [3.8, 4) is 11.5 Å². The molecule has 0 radical (unpaired) electrons. The number of para-hydroxylation sites is 2. The molecular formula is C27H24ClN5O3. The quantitative estimate of drug-likeness (QED) is 0.312. The Morgan fingerprint density at radius 2 is 1.67 bits per heavy atom. The zero-order valence-electron chi connectivity index (χ0n) is 19.8. The fourth-order valence-electron chi connectivity index (χ4n) is 4.17. The van der Waals surface area contributed by atoms with E-state index >= 15 is 0 Å². The van der Waals surface area contributed by atoms with Crippen LogP contribution in [0.3, 0.4) is 0 Å². The number of nitrogens with two attached hydrogens (primary N) is 1. The van der Waals surface area contributed by atoms with Gasteiger partial charge in [-0.2, -0.15) is 0 Å². The molecule has 3 aromatic carbocycles. The zero-order chi connectivity index (χ0) is 25.2. The van der Waals surface area contributed by atoms with Crippen LogP contribution in [0.15, 0.2) is 66.7 Å². The van der Waals surface area contributed by atoms with Crippen molar-refractivity contribution >= 4 is 51.2 Å². The Bertz CT molecular complexity index is 1580. The summed E-state index contributed by atoms with van der Waals surface area (Å²) in [6.45, 7) is 0.485. The molecule has 1 amide bonds. The molecular weight excluding hydrogens is 478 g/mol. The maximum absolute atomic E-state index is 13.4. The number of rotatable bonds is 7. The van der Waals surface area contributed by atoms with Crippen LogP contribution in [-0.4, -0.2) is 34.7 Å². The molecule has 0 bridgehead atoms. The number of anilines is 2. The van der Waals surface area contributed by atoms with Gasteiger partial charge in [0, 0.05) is 17.3 Å². The number of carbonyl (C=O) groups excluding carboxylic acids is 1. The van der Waals surface area contributed by atoms with E-state index in [1.54, 1.807) is 38.5 Å². The number of nitrogen functional groups attached to an aromatic ring is 1. The monoisotopic (exact) mass is 501 g/mol. The van der Waals surface area contributed by atoms with Crippen LogP contribution in [0.25, 0.3) is 22.2 Å². The van der Waals surface area contributed by atoms with Gasteiger partial charge < -0.3 is 25.1 Å². The van der Waals surface area contributed by atoms with Crippen LogP contribution in [0.1, 0.15) is 15.9 Å². The second-order valence-corrected chi connectivity index (χ2v) is 8.63. The predicted octanol–water partition coefficient (Wildman–Crippen LogP) is 5.33. The first-order chi connectivity index (χ1) is 17.5. The number of fused-ring (bicyclic) bond motifs is 2. The molecule has 0 fully saturated rings. The standard InChI is InChI=1S/C27H24ClN5O3/c1-35-21-12-7-16(15-22(21)36-2)13-14-33-25(29)23(27(34)30-18-10-8-17(28)9-11-18)24-26(33)32-20-6-4-3-5-19(20)31-24/h3-12,15H,13-14,29H2,1-2H3,(H,30,34). The van der Waals surface area contributed by atoms with Crippen molar-refractivity contribution < 1.29 is 14.3 Å². The van der Waals surface area contributed by atoms with Crippen LogP contribution in [-0.2, 0) is 13.0 Å². The summed E-state index contributed by atoms with van der Waals surface area (Å²) in [5.41, 5.74) is 10.9. The molecule has 3 N–H and O–H groups in total. The highest BCUT2D eigenvalue weighted by Gasteiger charge is 2.24. The van der Waals surface area contributed by atoms with Crippen molar-refractivity contribution in [1.82, 2.24) is 14.5 Å². The van der Waals surface area contributed by atoms with Crippen molar-refractivity contribution in [1.29, 1.82) is 0 Å². The van der Waals surface area contributed by atoms with Gasteiger partial charge in [-0.05, 0) is 60.5 Å². The Morgan fingerprint density at radius 3 is 2.36 bits per heavy atom. The summed E-state index contributed by atoms with van der Waals surface area (Å²) in [6.07, 6.45) is 0.626. The summed E-state index contributed by atoms with van der Waals surface area (Å²) in [6, 6.07) is 20.2. The third kappa shape index (κ3) is 4.38. The van der Waals surface area contributed by atoms with Crippen LogP contribution in [0.5, 0.6) is 11.5 Å². The minimum Gasteiger partial charge on any atom is -0.493 e. The number of amides is 1. The topological polar surface area (TPSA) is 104 Å². The number of benzene rings is 3. The maximum atomic E-state index is 13.4. The first kappa shape index (κ1) is 23.4. The Balaban J connectivity index is 1.56. The maximum Gasteiger partial charge on any atom is 0.261 e. The van der Waals surface area contributed by atoms with Gasteiger partial charge in [0.05, 0.1) is 25.3 Å². The first-order valence-corrected chi connectivity index (χ1v) is 11.7. The van der Waals surface area contributed by atoms with E-state index < -0.39 is 0 Å². The summed E-state index contributed by atoms with van der Waals surface area (Å²) in [7, 11) is 3.20. The zero-order valence-corrected chi connectivity index (χ0v) is 20.5. The predicted molar refractivity (Wildman–Crippen MR) is 142 cm³/mol. The van der Waals surface area contributed by atoms with Crippen molar-refractivity contribution in [2.45, 2.75) is 13.0 Å². The molecule has 36 heavy (non-hydrogen) atoms. The molecule has 0 saturated carbocycles. The van der Waals surface area contributed by atoms with Crippen LogP contribution >= 0.6 is 11.6 Å². The fourth-order valence-corrected chi connectivity index (χ4v) is 4.30. The first-order valence-electron chi connectivity index (χ1n) is 11.3. The van der Waals surface area contributed by atoms with Gasteiger partial charge in [0.15, 0.2) is 17.1 Å². The lowest BCUT2D eigenvalue weighted by molar-refractivity contribution is 0.102. The van der Waals surface area contributed by atoms with Gasteiger partial charge in [0.25, 0.3) is 5.91 Å². The summed E-state index contributed by atoms with van der Waals surface area (Å²) in [5, 5.41) is 3.47. The Kier molecular flexibility index (Phi) is 6.35. The third-order valence-electron chi connectivity index (χ3n) is 5.99. The lowest BCUT2D eigenvalue weighted by Crippen LogP contribution is -2.15. The van der Waals surface area contributed by atoms with Gasteiger partial charge in [0.1, 0.15) is 16.9 Å². The SMILES string of the molecule is COc1ccc(CCn2c(N)c(C(=O)Nc3ccc(Cl)cc3)c3nc4ccccc4nc32)cc1OC. The van der Waals surface area contributed by atoms with Crippen LogP contribution in [0.4, 0.5) is 11.5 Å². The molecule has 0 spiro atoms. The molecule has 0 atom stereocenters. The molecule has 0 aliphatic carbocycles. The van der Waals surface area contributed by atoms with Crippen molar-refractivity contribution in [3.05, 3.63) is 82.9 Å². The molecule has 2 aromatic heterocycles. The molecule has 0 saturated heterocycles. The molecule has 0 aliphatic heterocycles. The molecule has 0 aliphatic rings. The van der Waals surface area contributed by atoms with E-state index in [9.17, 15) is 4.79 Å². The third-order valence-corrected chi connectivity index (χ3v) is 6.24. The van der Waals surface area contributed by atoms with Gasteiger partial charge in [0.2, 0.25) is 0 Å². The molecule has 5 rings (SSSR count). The van der Waals surface area contributed by atoms with Crippen LogP contribution < -0.4 is 20.5 Å². The molecule has 0 unspecified atom stereocenters. The molecule has 9 heteroatoms. The lowest BCUT2D eigenvalue weighted by atomic mass is 10.1. The van der Waals surface area contributed by atoms with E-state index in [2.05, 4.69) is 5.32 Å². The average Bonchev–Trinajstić information content (AvgIpc) is 3.17. The number of ether oxygens (including phenoxy) is 2. The minimum atomic E-state index is -0.366. The molecule has 2 heterocycles. The number of aryl methyl sites for hydroxylation is 2. The van der Waals surface area contributed by atoms with Gasteiger partial charge >= 0.3 is 0 Å². The van der Waals surface area contributed by atoms with E-state index in [1.807, 2.05) is 47.0 Å². The second kappa shape index (κ2) is 9.75. The molecule has 182 valence electrons. The smallest absolute Gasteiger partial charge is 0.261 e. The van der Waals surface area contributed by atoms with Crippen molar-refractivity contribution in [2.24, 2.45) is 0 Å². The largest absolute Gasteiger partial charge is 0.493 e. The van der Waals surface area contributed by atoms with E-state index in [-0.39, 0.29) is 11.5 Å². The number of aromatic nitrogens is 3. The highest BCUT2D eigenvalue weighted by atomic mass is 35.5. The summed E-state index contributed by atoms with van der Waals surface area (Å²) < 4.78 is 12.6. The van der Waals surface area contributed by atoms with Gasteiger partial charge in [-0.3, -0.25) is 4.79 Å². The fraction of sp³-hybridized carbons (Fsp3) is 0.148. The minimum absolute atomic E-state index is 0.283. The second-order valence-electron chi connectivity index (χ2n) is 8.20. The number of hydrogen-bond donors (Lipinski definition) is 2.